The predicted octanol–water partition coefficient (Wildman–Crippen LogP) is 1.56. The minimum absolute atomic E-state index is 0.435. The number of allylic oxidation sites excluding steroid dienone is 2. The van der Waals surface area contributed by atoms with Crippen LogP contribution in [0.25, 0.3) is 0 Å². The zero-order chi connectivity index (χ0) is 7.56. The second kappa shape index (κ2) is 2.95. The van der Waals surface area contributed by atoms with Crippen molar-refractivity contribution >= 4 is 0 Å². The molecule has 58 valence electrons. The summed E-state index contributed by atoms with van der Waals surface area (Å²) in [6.45, 7) is 6.49. The second-order valence-electron chi connectivity index (χ2n) is 2.67. The van der Waals surface area contributed by atoms with E-state index in [2.05, 4.69) is 31.4 Å². The lowest BCUT2D eigenvalue weighted by Gasteiger charge is -2.05. The van der Waals surface area contributed by atoms with Gasteiger partial charge in [-0.15, -0.1) is 0 Å². The van der Waals surface area contributed by atoms with Gasteiger partial charge in [0, 0.05) is 11.4 Å². The number of hydrogen-bond acceptors (Lipinski definition) is 2. The van der Waals surface area contributed by atoms with Crippen molar-refractivity contribution in [3.05, 3.63) is 11.4 Å². The molecular formula is C8H16N2. The van der Waals surface area contributed by atoms with Gasteiger partial charge in [-0.1, -0.05) is 13.8 Å². The van der Waals surface area contributed by atoms with E-state index in [-0.39, 0.29) is 0 Å². The van der Waals surface area contributed by atoms with Crippen LogP contribution in [-0.2, 0) is 0 Å². The van der Waals surface area contributed by atoms with E-state index in [4.69, 9.17) is 0 Å². The van der Waals surface area contributed by atoms with Gasteiger partial charge in [0.05, 0.1) is 6.17 Å². The normalized spacial score (nSPS) is 19.1. The molecule has 0 radical (unpaired) electrons. The topological polar surface area (TPSA) is 24.1 Å². The summed E-state index contributed by atoms with van der Waals surface area (Å²) >= 11 is 0. The number of nitrogens with one attached hydrogen (secondary N) is 2. The van der Waals surface area contributed by atoms with E-state index >= 15 is 0 Å². The van der Waals surface area contributed by atoms with Crippen LogP contribution in [0, 0.1) is 0 Å². The van der Waals surface area contributed by atoms with Gasteiger partial charge in [0.1, 0.15) is 0 Å². The number of hydrogen-bond donors (Lipinski definition) is 2. The highest BCUT2D eigenvalue weighted by Gasteiger charge is 2.14. The fourth-order valence-electron chi connectivity index (χ4n) is 1.36. The molecule has 0 fully saturated rings. The Bertz CT molecular complexity index is 133. The van der Waals surface area contributed by atoms with E-state index in [0.29, 0.717) is 6.17 Å². The summed E-state index contributed by atoms with van der Waals surface area (Å²) in [5, 5.41) is 6.75. The lowest BCUT2D eigenvalue weighted by molar-refractivity contribution is 0.593. The maximum Gasteiger partial charge on any atom is 0.0930 e. The van der Waals surface area contributed by atoms with Gasteiger partial charge in [-0.25, -0.2) is 0 Å². The molecule has 10 heavy (non-hydrogen) atoms. The molecule has 0 aliphatic carbocycles. The zero-order valence-corrected chi connectivity index (χ0v) is 6.99. The predicted molar refractivity (Wildman–Crippen MR) is 43.3 cm³/mol. The summed E-state index contributed by atoms with van der Waals surface area (Å²) in [5.41, 5.74) is 2.77. The Morgan fingerprint density at radius 3 is 1.80 bits per heavy atom. The third kappa shape index (κ3) is 1.25. The third-order valence-electron chi connectivity index (χ3n) is 1.85. The first kappa shape index (κ1) is 7.45. The Morgan fingerprint density at radius 1 is 1.10 bits per heavy atom. The van der Waals surface area contributed by atoms with Crippen LogP contribution in [0.5, 0.6) is 0 Å². The lowest BCUT2D eigenvalue weighted by Crippen LogP contribution is -2.28. The van der Waals surface area contributed by atoms with Crippen LogP contribution in [0.3, 0.4) is 0 Å². The van der Waals surface area contributed by atoms with Gasteiger partial charge in [0.2, 0.25) is 0 Å². The van der Waals surface area contributed by atoms with Crippen LogP contribution in [0.2, 0.25) is 0 Å². The van der Waals surface area contributed by atoms with Crippen LogP contribution in [0.4, 0.5) is 0 Å². The van der Waals surface area contributed by atoms with Gasteiger partial charge in [-0.3, -0.25) is 0 Å². The first-order valence-electron chi connectivity index (χ1n) is 4.03. The van der Waals surface area contributed by atoms with E-state index < -0.39 is 0 Å². The molecule has 0 aromatic heterocycles. The van der Waals surface area contributed by atoms with Gasteiger partial charge in [0.15, 0.2) is 0 Å². The molecule has 2 nitrogen and oxygen atoms in total. The van der Waals surface area contributed by atoms with Crippen LogP contribution < -0.4 is 10.6 Å². The lowest BCUT2D eigenvalue weighted by atomic mass is 10.2. The fourth-order valence-corrected chi connectivity index (χ4v) is 1.36. The molecule has 1 rings (SSSR count). The van der Waals surface area contributed by atoms with E-state index in [1.165, 1.54) is 11.4 Å². The van der Waals surface area contributed by atoms with Crippen LogP contribution in [-0.4, -0.2) is 6.17 Å². The van der Waals surface area contributed by atoms with Crippen molar-refractivity contribution < 1.29 is 0 Å². The molecule has 0 unspecified atom stereocenters. The first-order valence-corrected chi connectivity index (χ1v) is 4.03. The molecule has 0 bridgehead atoms. The van der Waals surface area contributed by atoms with Crippen molar-refractivity contribution in [2.45, 2.75) is 39.8 Å². The fraction of sp³-hybridized carbons (Fsp3) is 0.750. The SMILES string of the molecule is CCC1=C(CC)NC(C)N1. The Hall–Kier alpha value is -0.660. The van der Waals surface area contributed by atoms with E-state index in [1.807, 2.05) is 0 Å². The summed E-state index contributed by atoms with van der Waals surface area (Å²) in [4.78, 5) is 0. The highest BCUT2D eigenvalue weighted by molar-refractivity contribution is 5.16. The molecule has 0 aromatic carbocycles. The van der Waals surface area contributed by atoms with Crippen molar-refractivity contribution in [2.75, 3.05) is 0 Å². The molecular weight excluding hydrogens is 124 g/mol. The largest absolute Gasteiger partial charge is 0.368 e. The Morgan fingerprint density at radius 2 is 1.50 bits per heavy atom. The summed E-state index contributed by atoms with van der Waals surface area (Å²) in [6.07, 6.45) is 2.66. The highest BCUT2D eigenvalue weighted by Crippen LogP contribution is 2.13. The van der Waals surface area contributed by atoms with Gasteiger partial charge < -0.3 is 10.6 Å². The minimum Gasteiger partial charge on any atom is -0.368 e. The molecule has 0 aromatic rings. The summed E-state index contributed by atoms with van der Waals surface area (Å²) < 4.78 is 0. The Kier molecular flexibility index (Phi) is 2.20. The molecule has 0 spiro atoms. The number of rotatable bonds is 2. The maximum absolute atomic E-state index is 3.37. The monoisotopic (exact) mass is 140 g/mol. The van der Waals surface area contributed by atoms with Gasteiger partial charge >= 0.3 is 0 Å². The average molecular weight is 140 g/mol. The van der Waals surface area contributed by atoms with Crippen molar-refractivity contribution in [3.63, 3.8) is 0 Å². The standard InChI is InChI=1S/C8H16N2/c1-4-7-8(5-2)10-6(3)9-7/h6,9-10H,4-5H2,1-3H3. The molecule has 1 aliphatic heterocycles. The quantitative estimate of drug-likeness (QED) is 0.608. The molecule has 2 N–H and O–H groups in total. The molecule has 1 heterocycles. The Labute approximate surface area is 62.7 Å². The molecule has 2 heteroatoms. The zero-order valence-electron chi connectivity index (χ0n) is 6.99. The second-order valence-corrected chi connectivity index (χ2v) is 2.67. The molecule has 0 saturated heterocycles. The summed E-state index contributed by atoms with van der Waals surface area (Å²) in [7, 11) is 0. The van der Waals surface area contributed by atoms with Crippen molar-refractivity contribution in [3.8, 4) is 0 Å². The van der Waals surface area contributed by atoms with Gasteiger partial charge in [-0.2, -0.15) is 0 Å². The first-order chi connectivity index (χ1) is 4.77. The Balaban J connectivity index is 2.61. The van der Waals surface area contributed by atoms with E-state index in [0.717, 1.165) is 12.8 Å². The summed E-state index contributed by atoms with van der Waals surface area (Å²) in [6, 6.07) is 0. The minimum atomic E-state index is 0.435. The van der Waals surface area contributed by atoms with Gasteiger partial charge in [-0.05, 0) is 19.8 Å². The smallest absolute Gasteiger partial charge is 0.0930 e. The van der Waals surface area contributed by atoms with Crippen LogP contribution in [0.15, 0.2) is 11.4 Å². The molecule has 0 saturated carbocycles. The average Bonchev–Trinajstić information content (AvgIpc) is 2.30. The van der Waals surface area contributed by atoms with Gasteiger partial charge in [0.25, 0.3) is 0 Å². The van der Waals surface area contributed by atoms with Crippen molar-refractivity contribution in [1.82, 2.24) is 10.6 Å². The van der Waals surface area contributed by atoms with E-state index in [1.54, 1.807) is 0 Å². The maximum atomic E-state index is 3.37. The van der Waals surface area contributed by atoms with Crippen LogP contribution >= 0.6 is 0 Å². The molecule has 0 amide bonds. The van der Waals surface area contributed by atoms with Crippen molar-refractivity contribution in [1.29, 1.82) is 0 Å². The highest BCUT2D eigenvalue weighted by atomic mass is 15.2. The molecule has 0 atom stereocenters. The third-order valence-corrected chi connectivity index (χ3v) is 1.85. The molecule has 1 aliphatic rings. The summed E-state index contributed by atoms with van der Waals surface area (Å²) in [5.74, 6) is 0. The van der Waals surface area contributed by atoms with E-state index in [9.17, 15) is 0 Å². The van der Waals surface area contributed by atoms with Crippen molar-refractivity contribution in [2.24, 2.45) is 0 Å². The van der Waals surface area contributed by atoms with Crippen LogP contribution in [0.1, 0.15) is 33.6 Å².